The predicted octanol–water partition coefficient (Wildman–Crippen LogP) is 4.41. The Bertz CT molecular complexity index is 898. The molecule has 38 heavy (non-hydrogen) atoms. The van der Waals surface area contributed by atoms with E-state index in [1.54, 1.807) is 6.92 Å². The zero-order valence-corrected chi connectivity index (χ0v) is 24.3. The van der Waals surface area contributed by atoms with Gasteiger partial charge < -0.3 is 19.1 Å². The van der Waals surface area contributed by atoms with E-state index >= 15 is 0 Å². The SMILES string of the molecule is C=CC[N+]1(C2CC3C4CCC5C[C@H](O)[C@@H](N6CCOCC6)C[C@]5(C)C4CC[C@]3(C)C2OC(C)=O)CCCC1. The Morgan fingerprint density at radius 2 is 1.84 bits per heavy atom. The van der Waals surface area contributed by atoms with Crippen molar-refractivity contribution in [3.63, 3.8) is 0 Å². The molecule has 0 aromatic carbocycles. The number of esters is 1. The summed E-state index contributed by atoms with van der Waals surface area (Å²) in [5, 5.41) is 11.3. The lowest BCUT2D eigenvalue weighted by Crippen LogP contribution is -2.61. The molecule has 6 nitrogen and oxygen atoms in total. The molecule has 214 valence electrons. The quantitative estimate of drug-likeness (QED) is 0.325. The van der Waals surface area contributed by atoms with E-state index in [1.165, 1.54) is 51.6 Å². The summed E-state index contributed by atoms with van der Waals surface area (Å²) in [5.74, 6) is 2.54. The fraction of sp³-hybridized carbons (Fsp3) is 0.906. The van der Waals surface area contributed by atoms with E-state index in [9.17, 15) is 9.90 Å². The second-order valence-electron chi connectivity index (χ2n) is 14.6. The largest absolute Gasteiger partial charge is 0.456 e. The number of morpholine rings is 1. The van der Waals surface area contributed by atoms with Gasteiger partial charge in [0.15, 0.2) is 6.10 Å². The maximum Gasteiger partial charge on any atom is 0.303 e. The molecule has 2 heterocycles. The summed E-state index contributed by atoms with van der Waals surface area (Å²) in [6.45, 7) is 17.7. The van der Waals surface area contributed by atoms with Gasteiger partial charge in [0.05, 0.1) is 39.0 Å². The van der Waals surface area contributed by atoms with E-state index < -0.39 is 0 Å². The maximum absolute atomic E-state index is 12.5. The number of nitrogens with zero attached hydrogens (tertiary/aromatic N) is 2. The molecule has 6 heteroatoms. The van der Waals surface area contributed by atoms with Gasteiger partial charge in [0, 0.05) is 50.7 Å². The molecule has 6 fully saturated rings. The summed E-state index contributed by atoms with van der Waals surface area (Å²) in [6.07, 6.45) is 12.7. The van der Waals surface area contributed by atoms with Crippen LogP contribution in [0.5, 0.6) is 0 Å². The topological polar surface area (TPSA) is 59.0 Å². The maximum atomic E-state index is 12.5. The van der Waals surface area contributed by atoms with Gasteiger partial charge in [0.2, 0.25) is 0 Å². The van der Waals surface area contributed by atoms with E-state index in [1.807, 2.05) is 0 Å². The monoisotopic (exact) mass is 529 g/mol. The number of rotatable bonds is 5. The van der Waals surface area contributed by atoms with Gasteiger partial charge in [-0.25, -0.2) is 0 Å². The fourth-order valence-electron chi connectivity index (χ4n) is 11.3. The van der Waals surface area contributed by atoms with E-state index in [-0.39, 0.29) is 35.0 Å². The number of aliphatic hydroxyl groups is 1. The number of likely N-dealkylation sites (tertiary alicyclic amines) is 1. The van der Waals surface area contributed by atoms with Crippen molar-refractivity contribution in [3.8, 4) is 0 Å². The molecule has 0 radical (unpaired) electrons. The summed E-state index contributed by atoms with van der Waals surface area (Å²) in [4.78, 5) is 15.0. The molecule has 0 aromatic heterocycles. The number of aliphatic hydroxyl groups excluding tert-OH is 1. The molecular weight excluding hydrogens is 476 g/mol. The van der Waals surface area contributed by atoms with Gasteiger partial charge >= 0.3 is 5.97 Å². The smallest absolute Gasteiger partial charge is 0.303 e. The Labute approximate surface area is 230 Å². The minimum atomic E-state index is -0.209. The molecule has 6 rings (SSSR count). The average molecular weight is 530 g/mol. The van der Waals surface area contributed by atoms with E-state index in [2.05, 4.69) is 31.4 Å². The molecular formula is C32H53N2O4+. The molecule has 1 N–H and O–H groups in total. The molecule has 10 atom stereocenters. The van der Waals surface area contributed by atoms with Crippen molar-refractivity contribution in [3.05, 3.63) is 12.7 Å². The molecule has 6 unspecified atom stereocenters. The van der Waals surface area contributed by atoms with Crippen molar-refractivity contribution in [2.75, 3.05) is 45.9 Å². The number of ether oxygens (including phenoxy) is 2. The Morgan fingerprint density at radius 3 is 2.53 bits per heavy atom. The van der Waals surface area contributed by atoms with Gasteiger partial charge in [-0.3, -0.25) is 9.69 Å². The van der Waals surface area contributed by atoms with Gasteiger partial charge in [-0.1, -0.05) is 20.4 Å². The van der Waals surface area contributed by atoms with Crippen LogP contribution in [0.3, 0.4) is 0 Å². The van der Waals surface area contributed by atoms with Crippen molar-refractivity contribution < 1.29 is 23.9 Å². The minimum Gasteiger partial charge on any atom is -0.456 e. The lowest BCUT2D eigenvalue weighted by molar-refractivity contribution is -0.937. The van der Waals surface area contributed by atoms with Crippen LogP contribution in [-0.4, -0.2) is 90.7 Å². The molecule has 0 spiro atoms. The third kappa shape index (κ3) is 4.23. The van der Waals surface area contributed by atoms with Crippen LogP contribution in [0.2, 0.25) is 0 Å². The predicted molar refractivity (Wildman–Crippen MR) is 148 cm³/mol. The summed E-state index contributed by atoms with van der Waals surface area (Å²) in [6, 6.07) is 0.663. The molecule has 0 aromatic rings. The van der Waals surface area contributed by atoms with Crippen LogP contribution in [-0.2, 0) is 14.3 Å². The Kier molecular flexibility index (Phi) is 7.27. The van der Waals surface area contributed by atoms with Crippen molar-refractivity contribution in [2.24, 2.45) is 34.5 Å². The second-order valence-corrected chi connectivity index (χ2v) is 14.6. The highest BCUT2D eigenvalue weighted by Gasteiger charge is 2.67. The lowest BCUT2D eigenvalue weighted by atomic mass is 9.44. The molecule has 4 saturated carbocycles. The van der Waals surface area contributed by atoms with E-state index in [4.69, 9.17) is 9.47 Å². The van der Waals surface area contributed by atoms with Crippen molar-refractivity contribution in [1.29, 1.82) is 0 Å². The van der Waals surface area contributed by atoms with Crippen LogP contribution in [0.4, 0.5) is 0 Å². The summed E-state index contributed by atoms with van der Waals surface area (Å²) < 4.78 is 13.1. The minimum absolute atomic E-state index is 0.0174. The standard InChI is InChI=1S/C32H53N2O4/c1-5-14-34(15-6-7-16-34)28-20-26-24-9-8-23-19-29(36)27(33-12-17-37-18-13-33)21-32(23,4)25(24)10-11-31(26,3)30(28)38-22(2)35/h5,23-30,36H,1,6-21H2,2-4H3/q+1/t23?,24?,25?,26?,27-,28?,29-,30?,31-,32-/m0/s1. The Hall–Kier alpha value is -0.950. The number of carbonyl (C=O) groups is 1. The van der Waals surface area contributed by atoms with Crippen LogP contribution < -0.4 is 0 Å². The highest BCUT2D eigenvalue weighted by Crippen LogP contribution is 2.67. The van der Waals surface area contributed by atoms with Crippen LogP contribution in [0, 0.1) is 34.5 Å². The Balaban J connectivity index is 1.30. The zero-order chi connectivity index (χ0) is 26.7. The van der Waals surface area contributed by atoms with Crippen LogP contribution >= 0.6 is 0 Å². The van der Waals surface area contributed by atoms with Crippen LogP contribution in [0.15, 0.2) is 12.7 Å². The third-order valence-electron chi connectivity index (χ3n) is 13.1. The normalized spacial score (nSPS) is 48.5. The Morgan fingerprint density at radius 1 is 1.11 bits per heavy atom. The number of fused-ring (bicyclic) bond motifs is 5. The summed E-state index contributed by atoms with van der Waals surface area (Å²) in [7, 11) is 0. The second kappa shape index (κ2) is 10.2. The molecule has 0 bridgehead atoms. The number of carbonyl (C=O) groups excluding carboxylic acids is 1. The highest BCUT2D eigenvalue weighted by molar-refractivity contribution is 5.66. The first-order valence-electron chi connectivity index (χ1n) is 15.9. The van der Waals surface area contributed by atoms with Crippen LogP contribution in [0.25, 0.3) is 0 Å². The number of hydrogen-bond donors (Lipinski definition) is 1. The van der Waals surface area contributed by atoms with Gasteiger partial charge in [-0.2, -0.15) is 0 Å². The molecule has 4 aliphatic carbocycles. The van der Waals surface area contributed by atoms with Gasteiger partial charge in [-0.15, -0.1) is 0 Å². The van der Waals surface area contributed by atoms with Gasteiger partial charge in [0.25, 0.3) is 0 Å². The average Bonchev–Trinajstić information content (AvgIpc) is 3.48. The van der Waals surface area contributed by atoms with Gasteiger partial charge in [-0.05, 0) is 73.7 Å². The van der Waals surface area contributed by atoms with Crippen LogP contribution in [0.1, 0.15) is 78.6 Å². The number of hydrogen-bond acceptors (Lipinski definition) is 5. The van der Waals surface area contributed by atoms with Crippen molar-refractivity contribution >= 4 is 5.97 Å². The van der Waals surface area contributed by atoms with Crippen molar-refractivity contribution in [1.82, 2.24) is 4.90 Å². The highest BCUT2D eigenvalue weighted by atomic mass is 16.5. The first-order valence-corrected chi connectivity index (χ1v) is 15.9. The molecule has 2 aliphatic heterocycles. The molecule has 0 amide bonds. The fourth-order valence-corrected chi connectivity index (χ4v) is 11.3. The molecule has 6 aliphatic rings. The number of quaternary nitrogens is 1. The zero-order valence-electron chi connectivity index (χ0n) is 24.3. The first-order chi connectivity index (χ1) is 18.2. The summed E-state index contributed by atoms with van der Waals surface area (Å²) in [5.41, 5.74) is 0.343. The van der Waals surface area contributed by atoms with Gasteiger partial charge in [0.1, 0.15) is 6.04 Å². The van der Waals surface area contributed by atoms with E-state index in [0.29, 0.717) is 29.7 Å². The molecule has 2 saturated heterocycles. The summed E-state index contributed by atoms with van der Waals surface area (Å²) >= 11 is 0. The van der Waals surface area contributed by atoms with E-state index in [0.717, 1.165) is 56.6 Å². The van der Waals surface area contributed by atoms with Crippen molar-refractivity contribution in [2.45, 2.75) is 103 Å². The lowest BCUT2D eigenvalue weighted by Gasteiger charge is -2.62. The third-order valence-corrected chi connectivity index (χ3v) is 13.1. The first kappa shape index (κ1) is 27.2.